The third kappa shape index (κ3) is 3.39. The molecule has 0 saturated carbocycles. The Bertz CT molecular complexity index is 482. The number of hydrogen-bond donors (Lipinski definition) is 1. The van der Waals surface area contributed by atoms with Crippen molar-refractivity contribution in [3.05, 3.63) is 42.2 Å². The molecule has 0 saturated heterocycles. The number of aromatic nitrogens is 3. The molecule has 1 N–H and O–H groups in total. The van der Waals surface area contributed by atoms with Crippen LogP contribution in [0, 0.1) is 0 Å². The van der Waals surface area contributed by atoms with Crippen LogP contribution in [0.4, 0.5) is 0 Å². The van der Waals surface area contributed by atoms with Gasteiger partial charge in [-0.15, -0.1) is 0 Å². The smallest absolute Gasteiger partial charge is 0.150 e. The Morgan fingerprint density at radius 2 is 1.94 bits per heavy atom. The summed E-state index contributed by atoms with van der Waals surface area (Å²) in [6, 6.07) is 6.68. The van der Waals surface area contributed by atoms with E-state index in [0.29, 0.717) is 11.3 Å². The van der Waals surface area contributed by atoms with Crippen LogP contribution >= 0.6 is 0 Å². The predicted octanol–water partition coefficient (Wildman–Crippen LogP) is 0.530. The van der Waals surface area contributed by atoms with Crippen LogP contribution in [-0.2, 0) is 6.54 Å². The normalized spacial score (nSPS) is 12.1. The summed E-state index contributed by atoms with van der Waals surface area (Å²) in [4.78, 5) is 11.9. The van der Waals surface area contributed by atoms with Gasteiger partial charge < -0.3 is 9.84 Å². The van der Waals surface area contributed by atoms with E-state index in [4.69, 9.17) is 4.74 Å². The third-order valence-corrected chi connectivity index (χ3v) is 2.30. The minimum absolute atomic E-state index is 0.141. The number of aldehydes is 1. The second kappa shape index (κ2) is 5.92. The largest absolute Gasteiger partial charge is 0.491 e. The number of hydrogen-bond acceptors (Lipinski definition) is 5. The minimum Gasteiger partial charge on any atom is -0.491 e. The van der Waals surface area contributed by atoms with E-state index in [9.17, 15) is 9.90 Å². The van der Waals surface area contributed by atoms with E-state index in [1.807, 2.05) is 0 Å². The maximum Gasteiger partial charge on any atom is 0.150 e. The van der Waals surface area contributed by atoms with Crippen LogP contribution < -0.4 is 4.74 Å². The summed E-state index contributed by atoms with van der Waals surface area (Å²) in [7, 11) is 0. The maximum atomic E-state index is 10.5. The van der Waals surface area contributed by atoms with Crippen LogP contribution in [0.15, 0.2) is 36.7 Å². The van der Waals surface area contributed by atoms with Crippen LogP contribution in [0.5, 0.6) is 5.75 Å². The van der Waals surface area contributed by atoms with Crippen molar-refractivity contribution in [2.45, 2.75) is 12.6 Å². The maximum absolute atomic E-state index is 10.5. The zero-order chi connectivity index (χ0) is 12.8. The number of benzene rings is 1. The molecule has 0 aliphatic rings. The Kier molecular flexibility index (Phi) is 4.03. The fourth-order valence-corrected chi connectivity index (χ4v) is 1.41. The summed E-state index contributed by atoms with van der Waals surface area (Å²) >= 11 is 0. The van der Waals surface area contributed by atoms with Gasteiger partial charge >= 0.3 is 0 Å². The molecule has 0 aliphatic carbocycles. The summed E-state index contributed by atoms with van der Waals surface area (Å²) in [6.45, 7) is 0.418. The summed E-state index contributed by atoms with van der Waals surface area (Å²) in [5.74, 6) is 0.605. The quantitative estimate of drug-likeness (QED) is 0.753. The van der Waals surface area contributed by atoms with Crippen molar-refractivity contribution in [3.63, 3.8) is 0 Å². The van der Waals surface area contributed by atoms with E-state index in [1.54, 1.807) is 36.7 Å². The van der Waals surface area contributed by atoms with Crippen LogP contribution in [-0.4, -0.2) is 39.1 Å². The van der Waals surface area contributed by atoms with Gasteiger partial charge in [0, 0.05) is 5.56 Å². The first kappa shape index (κ1) is 12.3. The molecule has 1 atom stereocenters. The number of carbonyl (C=O) groups excluding carboxylic acids is 1. The van der Waals surface area contributed by atoms with Crippen molar-refractivity contribution in [2.24, 2.45) is 0 Å². The summed E-state index contributed by atoms with van der Waals surface area (Å²) in [5, 5.41) is 17.5. The molecule has 2 aromatic rings. The Morgan fingerprint density at radius 3 is 2.56 bits per heavy atom. The molecule has 6 heteroatoms. The molecule has 6 nitrogen and oxygen atoms in total. The highest BCUT2D eigenvalue weighted by Gasteiger charge is 2.07. The van der Waals surface area contributed by atoms with Gasteiger partial charge in [0.05, 0.1) is 18.9 Å². The molecule has 1 aromatic heterocycles. The van der Waals surface area contributed by atoms with Gasteiger partial charge in [-0.2, -0.15) is 15.0 Å². The molecule has 94 valence electrons. The number of aliphatic hydroxyl groups excluding tert-OH is 1. The van der Waals surface area contributed by atoms with Crippen LogP contribution in [0.3, 0.4) is 0 Å². The number of aliphatic hydroxyl groups is 1. The first-order valence-electron chi connectivity index (χ1n) is 5.48. The molecule has 0 fully saturated rings. The van der Waals surface area contributed by atoms with E-state index in [2.05, 4.69) is 10.2 Å². The van der Waals surface area contributed by atoms with Gasteiger partial charge in [-0.3, -0.25) is 4.79 Å². The van der Waals surface area contributed by atoms with E-state index >= 15 is 0 Å². The van der Waals surface area contributed by atoms with Gasteiger partial charge in [-0.1, -0.05) is 0 Å². The third-order valence-electron chi connectivity index (χ3n) is 2.30. The lowest BCUT2D eigenvalue weighted by atomic mass is 10.2. The van der Waals surface area contributed by atoms with Crippen molar-refractivity contribution in [1.29, 1.82) is 0 Å². The molecule has 0 unspecified atom stereocenters. The molecular formula is C12H13N3O3. The topological polar surface area (TPSA) is 77.2 Å². The second-order valence-corrected chi connectivity index (χ2v) is 3.74. The predicted molar refractivity (Wildman–Crippen MR) is 63.4 cm³/mol. The number of nitrogens with zero attached hydrogens (tertiary/aromatic N) is 3. The van der Waals surface area contributed by atoms with Gasteiger partial charge in [0.25, 0.3) is 0 Å². The Hall–Kier alpha value is -2.21. The van der Waals surface area contributed by atoms with E-state index in [1.165, 1.54) is 4.80 Å². The molecule has 1 aromatic carbocycles. The van der Waals surface area contributed by atoms with Gasteiger partial charge in [-0.25, -0.2) is 0 Å². The van der Waals surface area contributed by atoms with Crippen LogP contribution in [0.25, 0.3) is 0 Å². The molecule has 0 bridgehead atoms. The van der Waals surface area contributed by atoms with Gasteiger partial charge in [0.1, 0.15) is 24.7 Å². The monoisotopic (exact) mass is 247 g/mol. The second-order valence-electron chi connectivity index (χ2n) is 3.74. The standard InChI is InChI=1S/C12H13N3O3/c16-8-10-1-3-12(4-2-10)18-9-11(17)7-15-13-5-6-14-15/h1-6,8,11,17H,7,9H2/t11-/m1/s1. The lowest BCUT2D eigenvalue weighted by molar-refractivity contribution is 0.0854. The fraction of sp³-hybridized carbons (Fsp3) is 0.250. The summed E-state index contributed by atoms with van der Waals surface area (Å²) in [6.07, 6.45) is 3.17. The molecule has 1 heterocycles. The first-order valence-corrected chi connectivity index (χ1v) is 5.48. The number of carbonyl (C=O) groups is 1. The highest BCUT2D eigenvalue weighted by atomic mass is 16.5. The van der Waals surface area contributed by atoms with Crippen molar-refractivity contribution >= 4 is 6.29 Å². The molecule has 0 aliphatic heterocycles. The van der Waals surface area contributed by atoms with Gasteiger partial charge in [-0.05, 0) is 24.3 Å². The van der Waals surface area contributed by atoms with Crippen LogP contribution in [0.2, 0.25) is 0 Å². The van der Waals surface area contributed by atoms with Crippen molar-refractivity contribution in [1.82, 2.24) is 15.0 Å². The van der Waals surface area contributed by atoms with Gasteiger partial charge in [0.15, 0.2) is 0 Å². The lowest BCUT2D eigenvalue weighted by Crippen LogP contribution is -2.24. The van der Waals surface area contributed by atoms with E-state index < -0.39 is 6.10 Å². The molecule has 0 radical (unpaired) electrons. The van der Waals surface area contributed by atoms with Crippen molar-refractivity contribution in [3.8, 4) is 5.75 Å². The summed E-state index contributed by atoms with van der Waals surface area (Å²) in [5.41, 5.74) is 0.587. The van der Waals surface area contributed by atoms with Crippen molar-refractivity contribution < 1.29 is 14.6 Å². The molecule has 2 rings (SSSR count). The molecule has 0 amide bonds. The first-order chi connectivity index (χ1) is 8.78. The van der Waals surface area contributed by atoms with Crippen LogP contribution in [0.1, 0.15) is 10.4 Å². The van der Waals surface area contributed by atoms with Gasteiger partial charge in [0.2, 0.25) is 0 Å². The Labute approximate surface area is 104 Å². The molecular weight excluding hydrogens is 234 g/mol. The summed E-state index contributed by atoms with van der Waals surface area (Å²) < 4.78 is 5.38. The zero-order valence-corrected chi connectivity index (χ0v) is 9.64. The highest BCUT2D eigenvalue weighted by Crippen LogP contribution is 2.11. The SMILES string of the molecule is O=Cc1ccc(OC[C@H](O)Cn2nccn2)cc1. The van der Waals surface area contributed by atoms with E-state index in [0.717, 1.165) is 6.29 Å². The number of ether oxygens (including phenoxy) is 1. The van der Waals surface area contributed by atoms with Crippen molar-refractivity contribution in [2.75, 3.05) is 6.61 Å². The minimum atomic E-state index is -0.692. The molecule has 0 spiro atoms. The average molecular weight is 247 g/mol. The number of rotatable bonds is 6. The average Bonchev–Trinajstić information content (AvgIpc) is 2.90. The Balaban J connectivity index is 1.81. The lowest BCUT2D eigenvalue weighted by Gasteiger charge is -2.11. The van der Waals surface area contributed by atoms with E-state index in [-0.39, 0.29) is 13.2 Å². The Morgan fingerprint density at radius 1 is 1.28 bits per heavy atom. The molecule has 18 heavy (non-hydrogen) atoms. The zero-order valence-electron chi connectivity index (χ0n) is 9.64. The highest BCUT2D eigenvalue weighted by molar-refractivity contribution is 5.74. The fourth-order valence-electron chi connectivity index (χ4n) is 1.41.